The zero-order valence-electron chi connectivity index (χ0n) is 15.5. The molecule has 136 valence electrons. The Balaban J connectivity index is 1.75. The highest BCUT2D eigenvalue weighted by atomic mass is 15.2. The van der Waals surface area contributed by atoms with Gasteiger partial charge in [0.05, 0.1) is 28.4 Å². The molecule has 3 heterocycles. The van der Waals surface area contributed by atoms with Crippen LogP contribution < -0.4 is 0 Å². The topological polar surface area (TPSA) is 43.6 Å². The van der Waals surface area contributed by atoms with Crippen molar-refractivity contribution in [3.8, 4) is 17.2 Å². The molecule has 0 fully saturated rings. The van der Waals surface area contributed by atoms with E-state index in [-0.39, 0.29) is 0 Å². The second-order valence-corrected chi connectivity index (χ2v) is 7.00. The summed E-state index contributed by atoms with van der Waals surface area (Å²) in [5, 5.41) is 3.38. The fourth-order valence-electron chi connectivity index (χ4n) is 4.02. The summed E-state index contributed by atoms with van der Waals surface area (Å²) in [5.74, 6) is 0.654. The van der Waals surface area contributed by atoms with E-state index in [1.54, 1.807) is 12.4 Å². The number of aromatic nitrogens is 4. The van der Waals surface area contributed by atoms with E-state index < -0.39 is 0 Å². The average molecular weight is 372 g/mol. The number of benzene rings is 3. The van der Waals surface area contributed by atoms with Crippen molar-refractivity contribution < 1.29 is 0 Å². The van der Waals surface area contributed by atoms with Crippen LogP contribution in [0.1, 0.15) is 0 Å². The molecule has 0 bridgehead atoms. The van der Waals surface area contributed by atoms with Crippen LogP contribution >= 0.6 is 0 Å². The van der Waals surface area contributed by atoms with Crippen LogP contribution in [0.15, 0.2) is 97.3 Å². The first-order chi connectivity index (χ1) is 14.4. The van der Waals surface area contributed by atoms with E-state index >= 15 is 0 Å². The van der Waals surface area contributed by atoms with Gasteiger partial charge in [-0.2, -0.15) is 0 Å². The van der Waals surface area contributed by atoms with Gasteiger partial charge < -0.3 is 0 Å². The minimum Gasteiger partial charge on any atom is -0.278 e. The molecule has 0 aliphatic heterocycles. The molecule has 0 aliphatic rings. The Hall–Kier alpha value is -4.05. The zero-order chi connectivity index (χ0) is 19.2. The molecule has 4 nitrogen and oxygen atoms in total. The van der Waals surface area contributed by atoms with Crippen LogP contribution in [-0.2, 0) is 0 Å². The number of rotatable bonds is 2. The highest BCUT2D eigenvalue weighted by Gasteiger charge is 2.16. The van der Waals surface area contributed by atoms with Gasteiger partial charge in [0.25, 0.3) is 0 Å². The second-order valence-electron chi connectivity index (χ2n) is 7.00. The van der Waals surface area contributed by atoms with Crippen LogP contribution in [0.25, 0.3) is 49.9 Å². The fourth-order valence-corrected chi connectivity index (χ4v) is 4.02. The molecule has 3 aromatic carbocycles. The summed E-state index contributed by atoms with van der Waals surface area (Å²) in [4.78, 5) is 14.2. The molecular formula is C25H16N4. The third kappa shape index (κ3) is 2.43. The smallest absolute Gasteiger partial charge is 0.235 e. The molecule has 0 aliphatic carbocycles. The number of pyridine rings is 1. The van der Waals surface area contributed by atoms with Crippen molar-refractivity contribution in [1.29, 1.82) is 0 Å². The first-order valence-electron chi connectivity index (χ1n) is 9.56. The van der Waals surface area contributed by atoms with E-state index in [0.717, 1.165) is 33.2 Å². The first kappa shape index (κ1) is 16.0. The fraction of sp³-hybridized carbons (Fsp3) is 0. The minimum absolute atomic E-state index is 0.654. The molecule has 0 spiro atoms. The maximum atomic E-state index is 5.04. The Labute approximate surface area is 167 Å². The van der Waals surface area contributed by atoms with Crippen LogP contribution in [0.3, 0.4) is 0 Å². The molecular weight excluding hydrogens is 356 g/mol. The van der Waals surface area contributed by atoms with Crippen molar-refractivity contribution in [2.75, 3.05) is 0 Å². The lowest BCUT2D eigenvalue weighted by molar-refractivity contribution is 1.01. The van der Waals surface area contributed by atoms with Crippen molar-refractivity contribution in [1.82, 2.24) is 19.5 Å². The second kappa shape index (κ2) is 6.24. The summed E-state index contributed by atoms with van der Waals surface area (Å²) in [6.45, 7) is 0. The molecule has 0 amide bonds. The van der Waals surface area contributed by atoms with Gasteiger partial charge in [-0.15, -0.1) is 0 Å². The Morgan fingerprint density at radius 2 is 1.24 bits per heavy atom. The van der Waals surface area contributed by atoms with Gasteiger partial charge in [0.15, 0.2) is 0 Å². The van der Waals surface area contributed by atoms with E-state index in [1.165, 1.54) is 10.8 Å². The summed E-state index contributed by atoms with van der Waals surface area (Å²) < 4.78 is 2.14. The van der Waals surface area contributed by atoms with Crippen LogP contribution in [0, 0.1) is 0 Å². The Kier molecular flexibility index (Phi) is 3.43. The highest BCUT2D eigenvalue weighted by Crippen LogP contribution is 2.33. The monoisotopic (exact) mass is 372 g/mol. The predicted molar refractivity (Wildman–Crippen MR) is 117 cm³/mol. The van der Waals surface area contributed by atoms with Gasteiger partial charge in [-0.3, -0.25) is 9.55 Å². The zero-order valence-corrected chi connectivity index (χ0v) is 15.5. The first-order valence-corrected chi connectivity index (χ1v) is 9.56. The molecule has 0 saturated heterocycles. The molecule has 4 heteroatoms. The Morgan fingerprint density at radius 3 is 1.97 bits per heavy atom. The summed E-state index contributed by atoms with van der Waals surface area (Å²) in [5.41, 5.74) is 4.99. The number of nitrogens with zero attached hydrogens (tertiary/aromatic N) is 4. The summed E-state index contributed by atoms with van der Waals surface area (Å²) in [6, 6.07) is 29.0. The SMILES string of the molecule is c1ccc(-c2nc(-n3c4ccccc4c4ccccc43)nc3cnccc23)cc1. The number of fused-ring (bicyclic) bond motifs is 4. The summed E-state index contributed by atoms with van der Waals surface area (Å²) in [6.07, 6.45) is 3.60. The Morgan fingerprint density at radius 1 is 0.586 bits per heavy atom. The standard InChI is InChI=1S/C25H16N4/c1-2-8-17(9-3-1)24-20-14-15-26-16-21(20)27-25(28-24)29-22-12-6-4-10-18(22)19-11-5-7-13-23(19)29/h1-16H. The quantitative estimate of drug-likeness (QED) is 0.386. The van der Waals surface area contributed by atoms with Gasteiger partial charge in [-0.1, -0.05) is 66.7 Å². The van der Waals surface area contributed by atoms with Crippen LogP contribution in [0.4, 0.5) is 0 Å². The van der Waals surface area contributed by atoms with Crippen molar-refractivity contribution in [2.45, 2.75) is 0 Å². The number of hydrogen-bond acceptors (Lipinski definition) is 3. The Bertz CT molecular complexity index is 1450. The van der Waals surface area contributed by atoms with Gasteiger partial charge in [-0.05, 0) is 18.2 Å². The van der Waals surface area contributed by atoms with E-state index in [2.05, 4.69) is 70.2 Å². The predicted octanol–water partition coefficient (Wildman–Crippen LogP) is 5.79. The van der Waals surface area contributed by atoms with Crippen LogP contribution in [0.2, 0.25) is 0 Å². The maximum Gasteiger partial charge on any atom is 0.235 e. The van der Waals surface area contributed by atoms with Crippen molar-refractivity contribution in [2.24, 2.45) is 0 Å². The highest BCUT2D eigenvalue weighted by molar-refractivity contribution is 6.09. The van der Waals surface area contributed by atoms with Crippen LogP contribution in [-0.4, -0.2) is 19.5 Å². The largest absolute Gasteiger partial charge is 0.278 e. The van der Waals surface area contributed by atoms with Crippen LogP contribution in [0.5, 0.6) is 0 Å². The summed E-state index contributed by atoms with van der Waals surface area (Å²) >= 11 is 0. The average Bonchev–Trinajstić information content (AvgIpc) is 3.13. The molecule has 29 heavy (non-hydrogen) atoms. The lowest BCUT2D eigenvalue weighted by Crippen LogP contribution is -2.03. The van der Waals surface area contributed by atoms with E-state index in [0.29, 0.717) is 5.95 Å². The van der Waals surface area contributed by atoms with Crippen molar-refractivity contribution >= 4 is 32.7 Å². The van der Waals surface area contributed by atoms with E-state index in [1.807, 2.05) is 24.3 Å². The molecule has 3 aromatic heterocycles. The van der Waals surface area contributed by atoms with Gasteiger partial charge in [0, 0.05) is 27.9 Å². The van der Waals surface area contributed by atoms with Gasteiger partial charge in [0.1, 0.15) is 0 Å². The minimum atomic E-state index is 0.654. The summed E-state index contributed by atoms with van der Waals surface area (Å²) in [7, 11) is 0. The molecule has 0 atom stereocenters. The van der Waals surface area contributed by atoms with Gasteiger partial charge >= 0.3 is 0 Å². The molecule has 0 N–H and O–H groups in total. The number of hydrogen-bond donors (Lipinski definition) is 0. The van der Waals surface area contributed by atoms with Crippen molar-refractivity contribution in [3.05, 3.63) is 97.3 Å². The van der Waals surface area contributed by atoms with Gasteiger partial charge in [-0.25, -0.2) is 9.97 Å². The third-order valence-corrected chi connectivity index (χ3v) is 5.31. The molecule has 6 rings (SSSR count). The molecule has 6 aromatic rings. The third-order valence-electron chi connectivity index (χ3n) is 5.31. The normalized spacial score (nSPS) is 11.4. The lowest BCUT2D eigenvalue weighted by Gasteiger charge is -2.11. The maximum absolute atomic E-state index is 5.04. The molecule has 0 radical (unpaired) electrons. The van der Waals surface area contributed by atoms with E-state index in [9.17, 15) is 0 Å². The molecule has 0 unspecified atom stereocenters. The number of para-hydroxylation sites is 2. The molecule has 0 saturated carbocycles. The van der Waals surface area contributed by atoms with E-state index in [4.69, 9.17) is 9.97 Å². The van der Waals surface area contributed by atoms with Gasteiger partial charge in [0.2, 0.25) is 5.95 Å². The lowest BCUT2D eigenvalue weighted by atomic mass is 10.1. The van der Waals surface area contributed by atoms with Crippen molar-refractivity contribution in [3.63, 3.8) is 0 Å².